The zero-order chi connectivity index (χ0) is 12.7. The summed E-state index contributed by atoms with van der Waals surface area (Å²) in [5.41, 5.74) is 5.82. The van der Waals surface area contributed by atoms with Gasteiger partial charge in [0.15, 0.2) is 0 Å². The van der Waals surface area contributed by atoms with Crippen LogP contribution in [0.1, 0.15) is 39.5 Å². The summed E-state index contributed by atoms with van der Waals surface area (Å²) in [5.74, 6) is 1.31. The minimum Gasteiger partial charge on any atom is -0.385 e. The van der Waals surface area contributed by atoms with Crippen LogP contribution in [-0.4, -0.2) is 38.3 Å². The van der Waals surface area contributed by atoms with Crippen LogP contribution in [0.5, 0.6) is 0 Å². The lowest BCUT2D eigenvalue weighted by atomic mass is 9.78. The molecule has 0 aliphatic heterocycles. The van der Waals surface area contributed by atoms with Gasteiger partial charge >= 0.3 is 0 Å². The second-order valence-electron chi connectivity index (χ2n) is 4.89. The van der Waals surface area contributed by atoms with Gasteiger partial charge in [0.05, 0.1) is 13.2 Å². The van der Waals surface area contributed by atoms with E-state index in [9.17, 15) is 0 Å². The fraction of sp³-hybridized carbons (Fsp3) is 0.923. The highest BCUT2D eigenvalue weighted by Gasteiger charge is 2.39. The standard InChI is InChI=1S/C13H26N2O2/c1-4-17-13(7-5-6-11(2)10-13)12(14)15-8-9-16-3/h11H,4-10H2,1-3H3,(H2,14,15). The van der Waals surface area contributed by atoms with Crippen molar-refractivity contribution in [1.82, 2.24) is 0 Å². The molecule has 100 valence electrons. The van der Waals surface area contributed by atoms with Crippen molar-refractivity contribution >= 4 is 5.84 Å². The molecule has 0 heterocycles. The maximum atomic E-state index is 6.14. The Morgan fingerprint density at radius 1 is 1.53 bits per heavy atom. The van der Waals surface area contributed by atoms with E-state index in [1.54, 1.807) is 7.11 Å². The summed E-state index contributed by atoms with van der Waals surface area (Å²) in [6.45, 7) is 6.19. The average Bonchev–Trinajstić information content (AvgIpc) is 2.29. The summed E-state index contributed by atoms with van der Waals surface area (Å²) in [4.78, 5) is 4.41. The second kappa shape index (κ2) is 6.97. The molecule has 1 aliphatic carbocycles. The third-order valence-corrected chi connectivity index (χ3v) is 3.42. The van der Waals surface area contributed by atoms with E-state index in [2.05, 4.69) is 11.9 Å². The van der Waals surface area contributed by atoms with Gasteiger partial charge in [-0.3, -0.25) is 4.99 Å². The molecule has 1 fully saturated rings. The van der Waals surface area contributed by atoms with Crippen LogP contribution in [0.15, 0.2) is 4.99 Å². The first-order valence-electron chi connectivity index (χ1n) is 6.58. The number of hydrogen-bond donors (Lipinski definition) is 1. The normalized spacial score (nSPS) is 30.5. The molecular weight excluding hydrogens is 216 g/mol. The topological polar surface area (TPSA) is 56.8 Å². The van der Waals surface area contributed by atoms with Gasteiger partial charge in [0.1, 0.15) is 11.4 Å². The molecule has 2 unspecified atom stereocenters. The summed E-state index contributed by atoms with van der Waals surface area (Å²) in [6, 6.07) is 0. The SMILES string of the molecule is CCOC1(C(N)=NCCOC)CCCC(C)C1. The Hall–Kier alpha value is -0.610. The average molecular weight is 242 g/mol. The van der Waals surface area contributed by atoms with Gasteiger partial charge in [-0.25, -0.2) is 0 Å². The highest BCUT2D eigenvalue weighted by molar-refractivity contribution is 5.89. The zero-order valence-electron chi connectivity index (χ0n) is 11.4. The van der Waals surface area contributed by atoms with Gasteiger partial charge in [-0.2, -0.15) is 0 Å². The Balaban J connectivity index is 2.71. The molecule has 1 rings (SSSR count). The van der Waals surface area contributed by atoms with E-state index in [-0.39, 0.29) is 5.60 Å². The van der Waals surface area contributed by atoms with Crippen LogP contribution in [-0.2, 0) is 9.47 Å². The second-order valence-corrected chi connectivity index (χ2v) is 4.89. The number of ether oxygens (including phenoxy) is 2. The molecule has 0 bridgehead atoms. The van der Waals surface area contributed by atoms with Gasteiger partial charge in [0.25, 0.3) is 0 Å². The first-order valence-corrected chi connectivity index (χ1v) is 6.58. The fourth-order valence-corrected chi connectivity index (χ4v) is 2.62. The Morgan fingerprint density at radius 2 is 2.29 bits per heavy atom. The molecule has 4 heteroatoms. The fourth-order valence-electron chi connectivity index (χ4n) is 2.62. The highest BCUT2D eigenvalue weighted by atomic mass is 16.5. The van der Waals surface area contributed by atoms with Gasteiger partial charge in [-0.1, -0.05) is 13.3 Å². The van der Waals surface area contributed by atoms with E-state index in [0.717, 1.165) is 12.8 Å². The van der Waals surface area contributed by atoms with Gasteiger partial charge < -0.3 is 15.2 Å². The summed E-state index contributed by atoms with van der Waals surface area (Å²) >= 11 is 0. The van der Waals surface area contributed by atoms with E-state index in [0.29, 0.717) is 31.5 Å². The molecule has 1 saturated carbocycles. The molecule has 0 saturated heterocycles. The van der Waals surface area contributed by atoms with Gasteiger partial charge in [0, 0.05) is 13.7 Å². The third-order valence-electron chi connectivity index (χ3n) is 3.42. The van der Waals surface area contributed by atoms with Crippen molar-refractivity contribution in [3.8, 4) is 0 Å². The molecular formula is C13H26N2O2. The Labute approximate surface area is 105 Å². The minimum atomic E-state index is -0.319. The quantitative estimate of drug-likeness (QED) is 0.440. The molecule has 0 spiro atoms. The van der Waals surface area contributed by atoms with Gasteiger partial charge in [0.2, 0.25) is 0 Å². The van der Waals surface area contributed by atoms with Crippen molar-refractivity contribution in [3.63, 3.8) is 0 Å². The van der Waals surface area contributed by atoms with Crippen LogP contribution < -0.4 is 5.73 Å². The maximum absolute atomic E-state index is 6.14. The lowest BCUT2D eigenvalue weighted by molar-refractivity contribution is -0.0247. The van der Waals surface area contributed by atoms with Crippen molar-refractivity contribution in [2.75, 3.05) is 26.9 Å². The van der Waals surface area contributed by atoms with E-state index in [4.69, 9.17) is 15.2 Å². The first kappa shape index (κ1) is 14.5. The predicted molar refractivity (Wildman–Crippen MR) is 70.4 cm³/mol. The molecule has 0 aromatic heterocycles. The van der Waals surface area contributed by atoms with Crippen LogP contribution in [0.3, 0.4) is 0 Å². The summed E-state index contributed by atoms with van der Waals surface area (Å²) in [7, 11) is 1.67. The van der Waals surface area contributed by atoms with Crippen molar-refractivity contribution < 1.29 is 9.47 Å². The molecule has 0 aromatic carbocycles. The Morgan fingerprint density at radius 3 is 2.88 bits per heavy atom. The molecule has 0 aromatic rings. The summed E-state index contributed by atoms with van der Waals surface area (Å²) in [6.07, 6.45) is 4.42. The van der Waals surface area contributed by atoms with Crippen molar-refractivity contribution in [2.24, 2.45) is 16.6 Å². The highest BCUT2D eigenvalue weighted by Crippen LogP contribution is 2.35. The van der Waals surface area contributed by atoms with E-state index in [1.807, 2.05) is 6.92 Å². The van der Waals surface area contributed by atoms with Crippen molar-refractivity contribution in [2.45, 2.75) is 45.1 Å². The number of nitrogens with zero attached hydrogens (tertiary/aromatic N) is 1. The summed E-state index contributed by atoms with van der Waals surface area (Å²) < 4.78 is 10.9. The number of hydrogen-bond acceptors (Lipinski definition) is 3. The van der Waals surface area contributed by atoms with E-state index >= 15 is 0 Å². The maximum Gasteiger partial charge on any atom is 0.126 e. The Bertz CT molecular complexity index is 252. The third kappa shape index (κ3) is 3.96. The summed E-state index contributed by atoms with van der Waals surface area (Å²) in [5, 5.41) is 0. The first-order chi connectivity index (χ1) is 8.14. The van der Waals surface area contributed by atoms with Crippen molar-refractivity contribution in [1.29, 1.82) is 0 Å². The lowest BCUT2D eigenvalue weighted by Crippen LogP contribution is -2.49. The molecule has 2 N–H and O–H groups in total. The predicted octanol–water partition coefficient (Wildman–Crippen LogP) is 1.98. The monoisotopic (exact) mass is 242 g/mol. The molecule has 0 amide bonds. The van der Waals surface area contributed by atoms with Crippen LogP contribution in [0.2, 0.25) is 0 Å². The van der Waals surface area contributed by atoms with Crippen LogP contribution in [0, 0.1) is 5.92 Å². The van der Waals surface area contributed by atoms with Gasteiger partial charge in [-0.15, -0.1) is 0 Å². The largest absolute Gasteiger partial charge is 0.385 e. The van der Waals surface area contributed by atoms with Crippen LogP contribution >= 0.6 is 0 Å². The Kier molecular flexibility index (Phi) is 5.92. The molecule has 17 heavy (non-hydrogen) atoms. The van der Waals surface area contributed by atoms with E-state index < -0.39 is 0 Å². The molecule has 0 radical (unpaired) electrons. The van der Waals surface area contributed by atoms with Gasteiger partial charge in [-0.05, 0) is 32.1 Å². The zero-order valence-corrected chi connectivity index (χ0v) is 11.4. The van der Waals surface area contributed by atoms with Crippen LogP contribution in [0.4, 0.5) is 0 Å². The number of rotatable bonds is 6. The molecule has 2 atom stereocenters. The lowest BCUT2D eigenvalue weighted by Gasteiger charge is -2.39. The van der Waals surface area contributed by atoms with E-state index in [1.165, 1.54) is 12.8 Å². The van der Waals surface area contributed by atoms with Crippen molar-refractivity contribution in [3.05, 3.63) is 0 Å². The number of nitrogens with two attached hydrogens (primary N) is 1. The molecule has 4 nitrogen and oxygen atoms in total. The number of methoxy groups -OCH3 is 1. The molecule has 1 aliphatic rings. The smallest absolute Gasteiger partial charge is 0.126 e. The number of amidine groups is 1. The van der Waals surface area contributed by atoms with Crippen LogP contribution in [0.25, 0.3) is 0 Å². The number of aliphatic imine (C=N–C) groups is 1. The minimum absolute atomic E-state index is 0.319.